The molecule has 8 heteroatoms. The number of allylic oxidation sites excluding steroid dienone is 1. The van der Waals surface area contributed by atoms with Crippen molar-refractivity contribution < 1.29 is 14.3 Å². The Kier molecular flexibility index (Phi) is 9.01. The van der Waals surface area contributed by atoms with Crippen molar-refractivity contribution in [3.8, 4) is 0 Å². The second-order valence-electron chi connectivity index (χ2n) is 13.6. The van der Waals surface area contributed by atoms with Gasteiger partial charge in [0, 0.05) is 11.3 Å². The highest BCUT2D eigenvalue weighted by Gasteiger charge is 2.59. The molecule has 2 amide bonds. The third-order valence-electron chi connectivity index (χ3n) is 11.1. The Morgan fingerprint density at radius 1 is 1.11 bits per heavy atom. The minimum Gasteiger partial charge on any atom is -0.445 e. The fourth-order valence-corrected chi connectivity index (χ4v) is 9.19. The van der Waals surface area contributed by atoms with Gasteiger partial charge in [0.1, 0.15) is 12.6 Å². The van der Waals surface area contributed by atoms with Crippen molar-refractivity contribution in [3.63, 3.8) is 0 Å². The predicted molar refractivity (Wildman–Crippen MR) is 149 cm³/mol. The van der Waals surface area contributed by atoms with Crippen LogP contribution in [0.3, 0.4) is 0 Å². The van der Waals surface area contributed by atoms with Crippen LogP contribution >= 0.6 is 0 Å². The number of carbonyl (C=O) groups is 2. The van der Waals surface area contributed by atoms with E-state index in [9.17, 15) is 9.59 Å². The molecule has 38 heavy (non-hydrogen) atoms. The Morgan fingerprint density at radius 3 is 2.63 bits per heavy atom. The maximum atomic E-state index is 12.2. The molecule has 8 atom stereocenters. The second kappa shape index (κ2) is 11.9. The van der Waals surface area contributed by atoms with E-state index in [-0.39, 0.29) is 18.1 Å². The lowest BCUT2D eigenvalue weighted by Gasteiger charge is -2.58. The highest BCUT2D eigenvalue weighted by molar-refractivity contribution is 5.80. The molecule has 4 aliphatic rings. The van der Waals surface area contributed by atoms with Crippen LogP contribution in [0, 0.1) is 46.3 Å². The lowest BCUT2D eigenvalue weighted by atomic mass is 9.47. The number of hydrazine groups is 1. The van der Waals surface area contributed by atoms with E-state index in [2.05, 4.69) is 61.6 Å². The van der Waals surface area contributed by atoms with Gasteiger partial charge in [-0.05, 0) is 96.8 Å². The van der Waals surface area contributed by atoms with Crippen molar-refractivity contribution in [1.82, 2.24) is 10.9 Å². The van der Waals surface area contributed by atoms with Crippen LogP contribution in [-0.2, 0) is 9.53 Å². The molecule has 3 saturated carbocycles. The van der Waals surface area contributed by atoms with E-state index in [4.69, 9.17) is 10.3 Å². The Hall–Kier alpha value is -2.21. The first-order valence-electron chi connectivity index (χ1n) is 15.0. The van der Waals surface area contributed by atoms with E-state index in [1.165, 1.54) is 56.9 Å². The molecule has 4 aliphatic carbocycles. The smallest absolute Gasteiger partial charge is 0.426 e. The van der Waals surface area contributed by atoms with Crippen molar-refractivity contribution in [1.29, 1.82) is 0 Å². The zero-order valence-corrected chi connectivity index (χ0v) is 24.2. The molecule has 212 valence electrons. The molecule has 0 saturated heterocycles. The number of ether oxygens (including phenoxy) is 1. The van der Waals surface area contributed by atoms with Crippen molar-refractivity contribution >= 4 is 12.0 Å². The summed E-state index contributed by atoms with van der Waals surface area (Å²) in [6.45, 7) is 12.0. The number of nitrogens with zero attached hydrogens (tertiary/aromatic N) is 3. The van der Waals surface area contributed by atoms with Crippen LogP contribution in [0.5, 0.6) is 0 Å². The van der Waals surface area contributed by atoms with Crippen LogP contribution in [0.4, 0.5) is 4.79 Å². The summed E-state index contributed by atoms with van der Waals surface area (Å²) in [7, 11) is 0. The van der Waals surface area contributed by atoms with E-state index in [0.717, 1.165) is 54.8 Å². The minimum absolute atomic E-state index is 0.184. The standard InChI is InChI=1S/C30H49N5O3/c1-19(2)7-6-8-20(3)24-11-12-25-23-10-9-21-17-22(38-28(37)34-33-27(36)18-32-35-31)13-15-29(21,4)26(23)14-16-30(24,25)5/h9,19-20,22-26H,6-8,10-18H2,1-5H3,(H,33,36)(H,34,37)/t20-,22+,23+,24-,25+,26+,29+,30-/m1/s1. The fourth-order valence-electron chi connectivity index (χ4n) is 9.19. The van der Waals surface area contributed by atoms with Crippen molar-refractivity contribution in [2.24, 2.45) is 51.5 Å². The zero-order valence-electron chi connectivity index (χ0n) is 24.2. The van der Waals surface area contributed by atoms with Crippen LogP contribution in [0.2, 0.25) is 0 Å². The van der Waals surface area contributed by atoms with Crippen LogP contribution in [-0.4, -0.2) is 24.6 Å². The lowest BCUT2D eigenvalue weighted by Crippen LogP contribution is -2.51. The van der Waals surface area contributed by atoms with Gasteiger partial charge >= 0.3 is 6.09 Å². The Labute approximate surface area is 228 Å². The van der Waals surface area contributed by atoms with Gasteiger partial charge in [0.2, 0.25) is 5.91 Å². The molecule has 0 aromatic rings. The summed E-state index contributed by atoms with van der Waals surface area (Å²) < 4.78 is 5.64. The lowest BCUT2D eigenvalue weighted by molar-refractivity contribution is -0.120. The molecule has 4 rings (SSSR count). The van der Waals surface area contributed by atoms with Crippen LogP contribution in [0.15, 0.2) is 16.8 Å². The third kappa shape index (κ3) is 5.85. The quantitative estimate of drug-likeness (QED) is 0.112. The van der Waals surface area contributed by atoms with Gasteiger partial charge in [0.25, 0.3) is 0 Å². The first kappa shape index (κ1) is 28.8. The van der Waals surface area contributed by atoms with Crippen LogP contribution in [0.25, 0.3) is 10.4 Å². The number of hydrogen-bond acceptors (Lipinski definition) is 4. The molecule has 3 fully saturated rings. The number of hydrogen-bond donors (Lipinski definition) is 2. The summed E-state index contributed by atoms with van der Waals surface area (Å²) in [6, 6.07) is 0. The Morgan fingerprint density at radius 2 is 1.89 bits per heavy atom. The zero-order chi connectivity index (χ0) is 27.5. The average molecular weight is 528 g/mol. The van der Waals surface area contributed by atoms with Crippen molar-refractivity contribution in [2.45, 2.75) is 111 Å². The normalized spacial score (nSPS) is 36.6. The van der Waals surface area contributed by atoms with Gasteiger partial charge in [-0.25, -0.2) is 10.2 Å². The molecule has 0 bridgehead atoms. The number of amides is 2. The van der Waals surface area contributed by atoms with E-state index in [1.54, 1.807) is 0 Å². The highest BCUT2D eigenvalue weighted by Crippen LogP contribution is 2.67. The number of azide groups is 1. The van der Waals surface area contributed by atoms with Gasteiger partial charge in [0.15, 0.2) is 0 Å². The first-order chi connectivity index (χ1) is 18.1. The van der Waals surface area contributed by atoms with Gasteiger partial charge in [-0.15, -0.1) is 0 Å². The van der Waals surface area contributed by atoms with Crippen molar-refractivity contribution in [3.05, 3.63) is 22.1 Å². The van der Waals surface area contributed by atoms with Crippen LogP contribution < -0.4 is 10.9 Å². The maximum absolute atomic E-state index is 12.2. The Bertz CT molecular complexity index is 960. The molecule has 0 aliphatic heterocycles. The summed E-state index contributed by atoms with van der Waals surface area (Å²) in [5.41, 5.74) is 14.9. The maximum Gasteiger partial charge on any atom is 0.426 e. The van der Waals surface area contributed by atoms with Gasteiger partial charge in [0.05, 0.1) is 0 Å². The molecule has 0 aromatic heterocycles. The number of nitrogens with one attached hydrogen (secondary N) is 2. The molecular weight excluding hydrogens is 478 g/mol. The van der Waals surface area contributed by atoms with Gasteiger partial charge in [-0.1, -0.05) is 70.6 Å². The topological polar surface area (TPSA) is 116 Å². The predicted octanol–water partition coefficient (Wildman–Crippen LogP) is 7.46. The highest BCUT2D eigenvalue weighted by atomic mass is 16.6. The molecule has 0 heterocycles. The molecule has 8 nitrogen and oxygen atoms in total. The molecular formula is C30H49N5O3. The van der Waals surface area contributed by atoms with Gasteiger partial charge in [-0.3, -0.25) is 10.2 Å². The average Bonchev–Trinajstić information content (AvgIpc) is 3.23. The minimum atomic E-state index is -0.671. The SMILES string of the molecule is CC(C)CCC[C@@H](C)[C@H]1CC[C@H]2[C@@H]3CC=C4C[C@@H](OC(=O)NNC(=O)CN=[N+]=[N-])CC[C@]4(C)[C@H]3CC[C@]12C. The number of carbonyl (C=O) groups excluding carboxylic acids is 2. The number of fused-ring (bicyclic) bond motifs is 5. The van der Waals surface area contributed by atoms with Crippen molar-refractivity contribution in [2.75, 3.05) is 6.54 Å². The summed E-state index contributed by atoms with van der Waals surface area (Å²) in [5.74, 6) is 4.26. The summed E-state index contributed by atoms with van der Waals surface area (Å²) in [5, 5.41) is 3.17. The third-order valence-corrected chi connectivity index (χ3v) is 11.1. The van der Waals surface area contributed by atoms with Gasteiger partial charge in [-0.2, -0.15) is 0 Å². The molecule has 2 N–H and O–H groups in total. The molecule has 0 aromatic carbocycles. The molecule has 0 unspecified atom stereocenters. The number of rotatable bonds is 8. The fraction of sp³-hybridized carbons (Fsp3) is 0.867. The molecule has 0 spiro atoms. The monoisotopic (exact) mass is 527 g/mol. The van der Waals surface area contributed by atoms with E-state index in [1.807, 2.05) is 0 Å². The summed E-state index contributed by atoms with van der Waals surface area (Å²) in [4.78, 5) is 26.3. The second-order valence-corrected chi connectivity index (χ2v) is 13.6. The van der Waals surface area contributed by atoms with E-state index in [0.29, 0.717) is 5.41 Å². The van der Waals surface area contributed by atoms with E-state index >= 15 is 0 Å². The summed E-state index contributed by atoms with van der Waals surface area (Å²) in [6.07, 6.45) is 15.1. The molecule has 0 radical (unpaired) electrons. The largest absolute Gasteiger partial charge is 0.445 e. The van der Waals surface area contributed by atoms with E-state index < -0.39 is 12.0 Å². The summed E-state index contributed by atoms with van der Waals surface area (Å²) >= 11 is 0. The first-order valence-corrected chi connectivity index (χ1v) is 15.0. The van der Waals surface area contributed by atoms with Crippen LogP contribution in [0.1, 0.15) is 105 Å². The van der Waals surface area contributed by atoms with Gasteiger partial charge < -0.3 is 4.74 Å². The Balaban J connectivity index is 1.35.